The topological polar surface area (TPSA) is 63.6 Å². The van der Waals surface area contributed by atoms with Crippen LogP contribution in [0.15, 0.2) is 0 Å². The molecule has 0 bridgehead atoms. The van der Waals surface area contributed by atoms with E-state index in [1.54, 1.807) is 0 Å². The van der Waals surface area contributed by atoms with Crippen molar-refractivity contribution in [3.8, 4) is 0 Å². The number of hydrogen-bond donors (Lipinski definition) is 1. The predicted octanol–water partition coefficient (Wildman–Crippen LogP) is 8.99. The zero-order chi connectivity index (χ0) is 23.7. The zero-order valence-electron chi connectivity index (χ0n) is 21.5. The predicted molar refractivity (Wildman–Crippen MR) is 135 cm³/mol. The van der Waals surface area contributed by atoms with Crippen LogP contribution >= 0.6 is 0 Å². The lowest BCUT2D eigenvalue weighted by molar-refractivity contribution is -0.150. The number of carboxylic acid groups (broad SMARTS) is 1. The van der Waals surface area contributed by atoms with Crippen molar-refractivity contribution in [3.63, 3.8) is 0 Å². The van der Waals surface area contributed by atoms with E-state index in [-0.39, 0.29) is 18.5 Å². The molecule has 190 valence electrons. The number of carbonyl (C=O) groups excluding carboxylic acids is 1. The lowest BCUT2D eigenvalue weighted by Crippen LogP contribution is -2.18. The number of hydrogen-bond acceptors (Lipinski definition) is 3. The average molecular weight is 455 g/mol. The number of aliphatic carboxylic acids is 1. The maximum absolute atomic E-state index is 12.2. The molecule has 0 aromatic rings. The van der Waals surface area contributed by atoms with Crippen molar-refractivity contribution < 1.29 is 19.4 Å². The summed E-state index contributed by atoms with van der Waals surface area (Å²) in [5, 5.41) is 8.70. The Bertz CT molecular complexity index is 422. The fraction of sp³-hybridized carbons (Fsp3) is 0.929. The Balaban J connectivity index is 3.93. The lowest BCUT2D eigenvalue weighted by atomic mass is 10.0. The molecule has 0 rings (SSSR count). The maximum Gasteiger partial charge on any atom is 0.306 e. The molecule has 1 N–H and O–H groups in total. The lowest BCUT2D eigenvalue weighted by Gasteiger charge is -2.18. The van der Waals surface area contributed by atoms with E-state index in [2.05, 4.69) is 13.8 Å². The molecule has 0 aliphatic heterocycles. The van der Waals surface area contributed by atoms with Crippen LogP contribution in [-0.2, 0) is 14.3 Å². The van der Waals surface area contributed by atoms with Gasteiger partial charge in [-0.25, -0.2) is 0 Å². The van der Waals surface area contributed by atoms with Gasteiger partial charge in [-0.05, 0) is 38.5 Å². The monoisotopic (exact) mass is 454 g/mol. The van der Waals surface area contributed by atoms with Crippen molar-refractivity contribution in [3.05, 3.63) is 0 Å². The molecule has 0 aromatic heterocycles. The first-order valence-electron chi connectivity index (χ1n) is 14.0. The Morgan fingerprint density at radius 3 is 1.41 bits per heavy atom. The minimum atomic E-state index is -0.702. The van der Waals surface area contributed by atoms with Gasteiger partial charge in [0.1, 0.15) is 6.10 Å². The smallest absolute Gasteiger partial charge is 0.306 e. The molecule has 0 heterocycles. The first-order chi connectivity index (χ1) is 15.6. The first-order valence-corrected chi connectivity index (χ1v) is 14.0. The van der Waals surface area contributed by atoms with Crippen LogP contribution < -0.4 is 0 Å². The minimum Gasteiger partial charge on any atom is -0.481 e. The Morgan fingerprint density at radius 1 is 0.562 bits per heavy atom. The summed E-state index contributed by atoms with van der Waals surface area (Å²) in [5.74, 6) is -0.722. The molecule has 0 aliphatic carbocycles. The van der Waals surface area contributed by atoms with Gasteiger partial charge >= 0.3 is 11.9 Å². The van der Waals surface area contributed by atoms with Crippen molar-refractivity contribution in [2.45, 2.75) is 168 Å². The van der Waals surface area contributed by atoms with Crippen molar-refractivity contribution in [2.75, 3.05) is 0 Å². The maximum atomic E-state index is 12.2. The summed E-state index contributed by atoms with van der Waals surface area (Å²) >= 11 is 0. The van der Waals surface area contributed by atoms with Crippen LogP contribution in [0.3, 0.4) is 0 Å². The van der Waals surface area contributed by atoms with E-state index >= 15 is 0 Å². The third kappa shape index (κ3) is 23.6. The highest BCUT2D eigenvalue weighted by molar-refractivity contribution is 5.69. The molecule has 32 heavy (non-hydrogen) atoms. The van der Waals surface area contributed by atoms with E-state index in [0.29, 0.717) is 6.42 Å². The SMILES string of the molecule is CCCCCCCCCCCCCC(CCCCCCCC(=O)O)OC(=O)CCCCC. The molecule has 0 fully saturated rings. The third-order valence-electron chi connectivity index (χ3n) is 6.33. The second kappa shape index (κ2) is 24.6. The van der Waals surface area contributed by atoms with Gasteiger partial charge in [-0.15, -0.1) is 0 Å². The zero-order valence-corrected chi connectivity index (χ0v) is 21.5. The van der Waals surface area contributed by atoms with Crippen LogP contribution in [-0.4, -0.2) is 23.1 Å². The molecule has 0 saturated heterocycles. The van der Waals surface area contributed by atoms with Gasteiger partial charge in [0.25, 0.3) is 0 Å². The summed E-state index contributed by atoms with van der Waals surface area (Å²) in [6, 6.07) is 0. The van der Waals surface area contributed by atoms with Gasteiger partial charge in [-0.2, -0.15) is 0 Å². The van der Waals surface area contributed by atoms with Crippen LogP contribution in [0.4, 0.5) is 0 Å². The van der Waals surface area contributed by atoms with Crippen LogP contribution in [0.25, 0.3) is 0 Å². The van der Waals surface area contributed by atoms with E-state index in [9.17, 15) is 9.59 Å². The molecule has 0 spiro atoms. The Labute approximate surface area is 199 Å². The number of carboxylic acids is 1. The molecule has 1 atom stereocenters. The van der Waals surface area contributed by atoms with Gasteiger partial charge in [0, 0.05) is 12.8 Å². The third-order valence-corrected chi connectivity index (χ3v) is 6.33. The molecule has 4 heteroatoms. The van der Waals surface area contributed by atoms with Gasteiger partial charge in [-0.3, -0.25) is 9.59 Å². The highest BCUT2D eigenvalue weighted by atomic mass is 16.5. The minimum absolute atomic E-state index is 0.0204. The molecule has 0 amide bonds. The van der Waals surface area contributed by atoms with Crippen LogP contribution in [0.2, 0.25) is 0 Å². The molecular formula is C28H54O4. The highest BCUT2D eigenvalue weighted by Gasteiger charge is 2.14. The van der Waals surface area contributed by atoms with Crippen molar-refractivity contribution in [2.24, 2.45) is 0 Å². The van der Waals surface area contributed by atoms with Crippen LogP contribution in [0.1, 0.15) is 162 Å². The summed E-state index contributed by atoms with van der Waals surface area (Å²) in [6.45, 7) is 4.42. The number of ether oxygens (including phenoxy) is 1. The number of carbonyl (C=O) groups is 2. The molecule has 0 aliphatic rings. The average Bonchev–Trinajstić information content (AvgIpc) is 2.76. The quantitative estimate of drug-likeness (QED) is 0.110. The van der Waals surface area contributed by atoms with E-state index in [1.807, 2.05) is 0 Å². The van der Waals surface area contributed by atoms with Gasteiger partial charge in [-0.1, -0.05) is 110 Å². The molecule has 0 radical (unpaired) electrons. The Kier molecular flexibility index (Phi) is 23.8. The van der Waals surface area contributed by atoms with Crippen LogP contribution in [0.5, 0.6) is 0 Å². The summed E-state index contributed by atoms with van der Waals surface area (Å²) in [4.78, 5) is 22.8. The number of esters is 1. The van der Waals surface area contributed by atoms with Gasteiger partial charge in [0.05, 0.1) is 0 Å². The van der Waals surface area contributed by atoms with Gasteiger partial charge in [0.15, 0.2) is 0 Å². The van der Waals surface area contributed by atoms with Crippen molar-refractivity contribution >= 4 is 11.9 Å². The molecule has 4 nitrogen and oxygen atoms in total. The largest absolute Gasteiger partial charge is 0.481 e. The Morgan fingerprint density at radius 2 is 0.938 bits per heavy atom. The van der Waals surface area contributed by atoms with Gasteiger partial charge in [0.2, 0.25) is 0 Å². The summed E-state index contributed by atoms with van der Waals surface area (Å²) < 4.78 is 5.83. The summed E-state index contributed by atoms with van der Waals surface area (Å²) in [7, 11) is 0. The van der Waals surface area contributed by atoms with Crippen molar-refractivity contribution in [1.29, 1.82) is 0 Å². The second-order valence-electron chi connectivity index (χ2n) is 9.59. The Hall–Kier alpha value is -1.06. The standard InChI is InChI=1S/C28H54O4/c1-3-5-7-8-9-10-11-12-13-15-19-22-26(32-28(31)25-18-6-4-2)23-20-16-14-17-21-24-27(29)30/h26H,3-25H2,1-2H3,(H,29,30). The summed E-state index contributed by atoms with van der Waals surface area (Å²) in [6.07, 6.45) is 25.7. The van der Waals surface area contributed by atoms with E-state index in [0.717, 1.165) is 70.6 Å². The number of rotatable bonds is 25. The highest BCUT2D eigenvalue weighted by Crippen LogP contribution is 2.18. The fourth-order valence-corrected chi connectivity index (χ4v) is 4.24. The molecule has 1 unspecified atom stereocenters. The fourth-order valence-electron chi connectivity index (χ4n) is 4.24. The van der Waals surface area contributed by atoms with E-state index in [1.165, 1.54) is 64.2 Å². The molecular weight excluding hydrogens is 400 g/mol. The van der Waals surface area contributed by atoms with E-state index < -0.39 is 5.97 Å². The van der Waals surface area contributed by atoms with Crippen LogP contribution in [0, 0.1) is 0 Å². The number of unbranched alkanes of at least 4 members (excludes halogenated alkanes) is 16. The van der Waals surface area contributed by atoms with Crippen molar-refractivity contribution in [1.82, 2.24) is 0 Å². The summed E-state index contributed by atoms with van der Waals surface area (Å²) in [5.41, 5.74) is 0. The molecule has 0 aromatic carbocycles. The van der Waals surface area contributed by atoms with E-state index in [4.69, 9.17) is 9.84 Å². The van der Waals surface area contributed by atoms with Gasteiger partial charge < -0.3 is 9.84 Å². The molecule has 0 saturated carbocycles. The normalized spacial score (nSPS) is 12.1. The second-order valence-corrected chi connectivity index (χ2v) is 9.59. The first kappa shape index (κ1) is 30.9.